The van der Waals surface area contributed by atoms with Crippen LogP contribution >= 0.6 is 0 Å². The van der Waals surface area contributed by atoms with E-state index in [0.717, 1.165) is 33.4 Å². The summed E-state index contributed by atoms with van der Waals surface area (Å²) in [6.45, 7) is 12.0. The minimum absolute atomic E-state index is 0.0287. The molecule has 10 aromatic rings. The van der Waals surface area contributed by atoms with Crippen molar-refractivity contribution in [2.75, 3.05) is 7.11 Å². The lowest BCUT2D eigenvalue weighted by Crippen LogP contribution is -3.61. The number of oxime groups is 1. The van der Waals surface area contributed by atoms with Crippen molar-refractivity contribution >= 4 is 63.7 Å². The number of nitro groups is 1. The third-order valence-corrected chi connectivity index (χ3v) is 21.3. The molecular formula is C72H66IN3O17S4. The number of hydrogen-bond donors (Lipinski definition) is 0. The molecule has 0 atom stereocenters. The number of nitrogens with zero attached hydrogens (tertiary/aromatic N) is 3. The summed E-state index contributed by atoms with van der Waals surface area (Å²) < 4.78 is 129. The zero-order valence-corrected chi connectivity index (χ0v) is 59.0. The van der Waals surface area contributed by atoms with Crippen LogP contribution in [-0.2, 0) is 59.8 Å². The molecule has 0 aliphatic carbocycles. The Kier molecular flexibility index (Phi) is 26.1. The number of carbonyl (C=O) groups excluding carboxylic acids is 2. The SMILES string of the molecule is COc1cc(COS(=O)(=O)c2c(C)cc(C)cc2C)c([N+](=O)[O-])cc1C.Cc1ccc(S(=O)(=O)ON2C(=O)c3ccccc3C2=O)cc1.Cc1ccc(S(=O)(=O)ON=C(c2ccccc2)c2ccccc2)cc1.Cc1ccc(S(=O)(=O)[O-])cc1.c1ccc([I+]c2ccccc2)cc1. The van der Waals surface area contributed by atoms with Crippen LogP contribution < -0.4 is 25.9 Å². The molecule has 2 amide bonds. The summed E-state index contributed by atoms with van der Waals surface area (Å²) in [4.78, 5) is 34.7. The number of amides is 2. The third-order valence-electron chi connectivity index (χ3n) is 13.9. The molecule has 10 aromatic carbocycles. The molecule has 0 radical (unpaired) electrons. The molecule has 0 saturated heterocycles. The zero-order chi connectivity index (χ0) is 70.7. The highest BCUT2D eigenvalue weighted by molar-refractivity contribution is 7.87. The first kappa shape index (κ1) is 74.8. The van der Waals surface area contributed by atoms with Crippen molar-refractivity contribution < 1.29 is 91.4 Å². The van der Waals surface area contributed by atoms with E-state index in [1.54, 1.807) is 88.4 Å². The molecule has 0 spiro atoms. The fourth-order valence-corrected chi connectivity index (χ4v) is 14.8. The van der Waals surface area contributed by atoms with Gasteiger partial charge in [0.15, 0.2) is 7.14 Å². The Morgan fingerprint density at radius 2 is 0.866 bits per heavy atom. The van der Waals surface area contributed by atoms with Crippen LogP contribution in [0.4, 0.5) is 5.69 Å². The van der Waals surface area contributed by atoms with Gasteiger partial charge in [-0.3, -0.25) is 28.2 Å². The van der Waals surface area contributed by atoms with Gasteiger partial charge in [-0.25, -0.2) is 8.42 Å². The summed E-state index contributed by atoms with van der Waals surface area (Å²) in [6.07, 6.45) is 0. The lowest BCUT2D eigenvalue weighted by Gasteiger charge is -2.13. The summed E-state index contributed by atoms with van der Waals surface area (Å²) in [5.41, 5.74) is 7.58. The number of ether oxygens (including phenoxy) is 1. The van der Waals surface area contributed by atoms with E-state index in [4.69, 9.17) is 17.5 Å². The fourth-order valence-electron chi connectivity index (χ4n) is 9.15. The maximum absolute atomic E-state index is 12.6. The van der Waals surface area contributed by atoms with E-state index in [-0.39, 0.29) is 68.2 Å². The molecule has 0 fully saturated rings. The van der Waals surface area contributed by atoms with Crippen LogP contribution in [0.5, 0.6) is 5.75 Å². The molecule has 0 unspecified atom stereocenters. The van der Waals surface area contributed by atoms with Crippen LogP contribution in [0.15, 0.2) is 267 Å². The predicted octanol–water partition coefficient (Wildman–Crippen LogP) is 10.5. The minimum Gasteiger partial charge on any atom is -0.744 e. The molecule has 1 aliphatic rings. The zero-order valence-electron chi connectivity index (χ0n) is 53.6. The second kappa shape index (κ2) is 33.9. The van der Waals surface area contributed by atoms with E-state index in [1.165, 1.54) is 74.9 Å². The van der Waals surface area contributed by atoms with E-state index in [1.807, 2.05) is 81.4 Å². The maximum Gasteiger partial charge on any atom is 0.358 e. The van der Waals surface area contributed by atoms with Crippen LogP contribution in [0, 0.1) is 65.7 Å². The van der Waals surface area contributed by atoms with Gasteiger partial charge in [0.2, 0.25) is 0 Å². The smallest absolute Gasteiger partial charge is 0.358 e. The molecule has 11 rings (SSSR count). The number of carbonyl (C=O) groups is 2. The number of fused-ring (bicyclic) bond motifs is 1. The number of aryl methyl sites for hydroxylation is 7. The molecule has 0 saturated carbocycles. The lowest BCUT2D eigenvalue weighted by atomic mass is 10.0. The largest absolute Gasteiger partial charge is 0.744 e. The predicted molar refractivity (Wildman–Crippen MR) is 361 cm³/mol. The second-order valence-corrected chi connectivity index (χ2v) is 30.4. The molecule has 1 heterocycles. The lowest BCUT2D eigenvalue weighted by molar-refractivity contribution is -0.597. The fraction of sp³-hybridized carbons (Fsp3) is 0.125. The highest BCUT2D eigenvalue weighted by Gasteiger charge is 2.40. The average molecular weight is 1500 g/mol. The Labute approximate surface area is 575 Å². The number of benzene rings is 10. The van der Waals surface area contributed by atoms with Gasteiger partial charge in [0.25, 0.3) is 27.6 Å². The van der Waals surface area contributed by atoms with Crippen LogP contribution in [0.25, 0.3) is 0 Å². The van der Waals surface area contributed by atoms with Crippen molar-refractivity contribution in [3.8, 4) is 5.75 Å². The number of imide groups is 1. The van der Waals surface area contributed by atoms with Gasteiger partial charge < -0.3 is 9.29 Å². The summed E-state index contributed by atoms with van der Waals surface area (Å²) in [6, 6.07) is 70.5. The Morgan fingerprint density at radius 1 is 0.474 bits per heavy atom. The van der Waals surface area contributed by atoms with Crippen molar-refractivity contribution in [3.05, 3.63) is 327 Å². The van der Waals surface area contributed by atoms with Crippen molar-refractivity contribution in [1.82, 2.24) is 5.06 Å². The maximum atomic E-state index is 12.6. The molecule has 0 bridgehead atoms. The third kappa shape index (κ3) is 21.2. The molecule has 20 nitrogen and oxygen atoms in total. The first-order valence-electron chi connectivity index (χ1n) is 29.2. The molecule has 1 aliphatic heterocycles. The number of methoxy groups -OCH3 is 1. The quantitative estimate of drug-likeness (QED) is 0.0156. The number of nitro benzene ring substituents is 1. The van der Waals surface area contributed by atoms with Gasteiger partial charge in [0.1, 0.15) is 26.5 Å². The Morgan fingerprint density at radius 3 is 1.27 bits per heavy atom. The summed E-state index contributed by atoms with van der Waals surface area (Å²) in [5, 5.41) is 15.5. The van der Waals surface area contributed by atoms with Crippen LogP contribution in [0.1, 0.15) is 76.4 Å². The highest BCUT2D eigenvalue weighted by Crippen LogP contribution is 2.32. The average Bonchev–Trinajstić information content (AvgIpc) is 1.77. The van der Waals surface area contributed by atoms with Crippen LogP contribution in [0.2, 0.25) is 0 Å². The number of rotatable bonds is 17. The molecule has 25 heteroatoms. The first-order valence-corrected chi connectivity index (χ1v) is 37.0. The van der Waals surface area contributed by atoms with Gasteiger partial charge in [0, 0.05) is 17.2 Å². The van der Waals surface area contributed by atoms with Gasteiger partial charge in [-0.15, -0.1) is 9.35 Å². The van der Waals surface area contributed by atoms with E-state index >= 15 is 0 Å². The molecule has 97 heavy (non-hydrogen) atoms. The van der Waals surface area contributed by atoms with Gasteiger partial charge in [-0.1, -0.05) is 185 Å². The van der Waals surface area contributed by atoms with Gasteiger partial charge >= 0.3 is 41.4 Å². The molecule has 502 valence electrons. The second-order valence-electron chi connectivity index (χ2n) is 21.4. The number of hydrogen-bond acceptors (Lipinski definition) is 18. The first-order chi connectivity index (χ1) is 46.0. The normalized spacial score (nSPS) is 11.7. The molecule has 0 N–H and O–H groups in total. The number of hydroxylamine groups is 2. The van der Waals surface area contributed by atoms with Crippen molar-refractivity contribution in [2.45, 2.75) is 74.7 Å². The highest BCUT2D eigenvalue weighted by atomic mass is 127. The van der Waals surface area contributed by atoms with Crippen molar-refractivity contribution in [1.29, 1.82) is 0 Å². The topological polar surface area (TPSA) is 289 Å². The summed E-state index contributed by atoms with van der Waals surface area (Å²) >= 11 is 0.0287. The van der Waals surface area contributed by atoms with E-state index in [9.17, 15) is 57.9 Å². The van der Waals surface area contributed by atoms with Gasteiger partial charge in [0.05, 0.1) is 50.0 Å². The Bertz CT molecular complexity index is 4760. The van der Waals surface area contributed by atoms with Gasteiger partial charge in [-0.05, 0) is 144 Å². The minimum atomic E-state index is -4.27. The standard InChI is InChI=1S/C20H17NO3S.C18H21NO6S.C15H11NO5S.C12H10I.C7H8O3S/c1-16-12-14-19(15-13-16)25(22,23)24-21-20(17-8-4-2-5-9-17)18-10-6-3-7-11-18;1-11-6-13(3)18(14(4)7-11)26(22,23)25-10-15-9-17(24-5)12(2)8-16(15)19(20)21;1-10-6-8-11(9-7-10)22(19,20)21-16-14(17)12-4-2-3-5-13(12)15(16)18;1-3-7-11(8-4-1)13-12-9-5-2-6-10-12;1-6-2-4-7(5-3-6)11(8,9)10/h2-15H,1H3;6-9H,10H2,1-5H3;2-9H,1H3;1-10H;2-5H,1H3,(H,8,9,10)/q;;;+1;/p-1. The summed E-state index contributed by atoms with van der Waals surface area (Å²) in [5.74, 6) is -1.16. The van der Waals surface area contributed by atoms with E-state index in [0.29, 0.717) is 28.2 Å². The van der Waals surface area contributed by atoms with E-state index in [2.05, 4.69) is 65.8 Å². The van der Waals surface area contributed by atoms with Crippen molar-refractivity contribution in [3.63, 3.8) is 0 Å². The van der Waals surface area contributed by atoms with E-state index < -0.39 is 63.8 Å². The van der Waals surface area contributed by atoms with Gasteiger partial charge in [-0.2, -0.15) is 25.3 Å². The summed E-state index contributed by atoms with van der Waals surface area (Å²) in [7, 11) is -15.1. The van der Waals surface area contributed by atoms with Crippen LogP contribution in [-0.4, -0.2) is 72.8 Å². The monoisotopic (exact) mass is 1500 g/mol. The van der Waals surface area contributed by atoms with Crippen molar-refractivity contribution in [2.24, 2.45) is 5.16 Å². The number of halogens is 1. The molecular weight excluding hydrogens is 1430 g/mol. The Balaban J connectivity index is 0.000000176. The Hall–Kier alpha value is -9.58. The molecule has 0 aromatic heterocycles. The van der Waals surface area contributed by atoms with Crippen LogP contribution in [0.3, 0.4) is 0 Å².